The zero-order chi connectivity index (χ0) is 21.8. The van der Waals surface area contributed by atoms with Gasteiger partial charge in [-0.2, -0.15) is 0 Å². The second kappa shape index (κ2) is 6.99. The zero-order valence-corrected chi connectivity index (χ0v) is 16.7. The second-order valence-electron chi connectivity index (χ2n) is 8.03. The predicted molar refractivity (Wildman–Crippen MR) is 114 cm³/mol. The Morgan fingerprint density at radius 3 is 2.29 bits per heavy atom. The van der Waals surface area contributed by atoms with E-state index in [1.807, 2.05) is 54.6 Å². The molecular weight excluding hydrogens is 397 g/mol. The lowest BCUT2D eigenvalue weighted by Gasteiger charge is -2.30. The van der Waals surface area contributed by atoms with Crippen LogP contribution in [0.15, 0.2) is 78.9 Å². The van der Waals surface area contributed by atoms with E-state index in [9.17, 15) is 19.3 Å². The van der Waals surface area contributed by atoms with Gasteiger partial charge in [-0.25, -0.2) is 4.39 Å². The summed E-state index contributed by atoms with van der Waals surface area (Å²) in [5.74, 6) is -1.52. The minimum atomic E-state index is -1.33. The number of hydrogen-bond donors (Lipinski definition) is 1. The van der Waals surface area contributed by atoms with E-state index in [4.69, 9.17) is 0 Å². The molecule has 0 saturated carbocycles. The first kappa shape index (κ1) is 19.4. The molecule has 4 atom stereocenters. The number of nitro groups is 1. The van der Waals surface area contributed by atoms with E-state index in [-0.39, 0.29) is 10.8 Å². The molecule has 7 heteroatoms. The van der Waals surface area contributed by atoms with Gasteiger partial charge in [-0.3, -0.25) is 20.2 Å². The maximum absolute atomic E-state index is 13.7. The van der Waals surface area contributed by atoms with Crippen LogP contribution in [0.3, 0.4) is 0 Å². The predicted octanol–water partition coefficient (Wildman–Crippen LogP) is 3.77. The molecule has 1 saturated heterocycles. The lowest BCUT2D eigenvalue weighted by Crippen LogP contribution is -2.50. The van der Waals surface area contributed by atoms with Crippen LogP contribution in [-0.4, -0.2) is 23.9 Å². The van der Waals surface area contributed by atoms with Crippen molar-refractivity contribution < 1.29 is 14.1 Å². The van der Waals surface area contributed by atoms with Crippen molar-refractivity contribution >= 4 is 11.6 Å². The van der Waals surface area contributed by atoms with Gasteiger partial charge in [0.25, 0.3) is 5.91 Å². The van der Waals surface area contributed by atoms with Crippen LogP contribution in [0.2, 0.25) is 0 Å². The summed E-state index contributed by atoms with van der Waals surface area (Å²) in [5, 5.41) is 15.8. The number of rotatable bonds is 3. The molecule has 1 spiro atoms. The first-order valence-corrected chi connectivity index (χ1v) is 10.0. The summed E-state index contributed by atoms with van der Waals surface area (Å²) < 4.78 is 13.7. The Hall–Kier alpha value is -3.58. The third-order valence-corrected chi connectivity index (χ3v) is 6.50. The molecule has 2 aliphatic rings. The molecule has 0 bridgehead atoms. The Labute approximate surface area is 178 Å². The van der Waals surface area contributed by atoms with Gasteiger partial charge in [0.2, 0.25) is 6.04 Å². The van der Waals surface area contributed by atoms with Crippen LogP contribution < -0.4 is 10.2 Å². The van der Waals surface area contributed by atoms with Crippen molar-refractivity contribution in [1.82, 2.24) is 5.32 Å². The van der Waals surface area contributed by atoms with Gasteiger partial charge in [0.15, 0.2) is 0 Å². The molecule has 156 valence electrons. The molecule has 0 aromatic heterocycles. The van der Waals surface area contributed by atoms with Crippen molar-refractivity contribution in [2.75, 3.05) is 11.9 Å². The highest BCUT2D eigenvalue weighted by atomic mass is 19.1. The van der Waals surface area contributed by atoms with Crippen molar-refractivity contribution in [3.8, 4) is 0 Å². The number of likely N-dealkylation sites (N-methyl/N-ethyl adjacent to an activating group) is 1. The van der Waals surface area contributed by atoms with Gasteiger partial charge in [0, 0.05) is 23.2 Å². The number of para-hydroxylation sites is 1. The second-order valence-corrected chi connectivity index (χ2v) is 8.03. The fourth-order valence-corrected chi connectivity index (χ4v) is 5.20. The first-order chi connectivity index (χ1) is 14.9. The summed E-state index contributed by atoms with van der Waals surface area (Å²) in [7, 11) is 1.68. The van der Waals surface area contributed by atoms with Gasteiger partial charge in [0.1, 0.15) is 17.4 Å². The maximum atomic E-state index is 13.7. The van der Waals surface area contributed by atoms with Gasteiger partial charge in [0.05, 0.1) is 5.92 Å². The van der Waals surface area contributed by atoms with Gasteiger partial charge in [-0.15, -0.1) is 0 Å². The Kier molecular flexibility index (Phi) is 4.37. The first-order valence-electron chi connectivity index (χ1n) is 10.0. The van der Waals surface area contributed by atoms with E-state index in [0.717, 1.165) is 5.56 Å². The monoisotopic (exact) mass is 417 g/mol. The summed E-state index contributed by atoms with van der Waals surface area (Å²) in [4.78, 5) is 27.4. The van der Waals surface area contributed by atoms with Crippen LogP contribution in [0, 0.1) is 15.9 Å². The molecule has 3 aromatic carbocycles. The average Bonchev–Trinajstić information content (AvgIpc) is 3.25. The highest BCUT2D eigenvalue weighted by molar-refractivity contribution is 6.08. The Morgan fingerprint density at radius 1 is 0.968 bits per heavy atom. The van der Waals surface area contributed by atoms with Gasteiger partial charge >= 0.3 is 0 Å². The smallest absolute Gasteiger partial charge is 0.252 e. The fourth-order valence-electron chi connectivity index (χ4n) is 5.20. The minimum Gasteiger partial charge on any atom is -0.313 e. The average molecular weight is 417 g/mol. The number of carbonyl (C=O) groups is 1. The number of nitrogens with zero attached hydrogens (tertiary/aromatic N) is 2. The molecule has 3 aromatic rings. The van der Waals surface area contributed by atoms with E-state index in [1.165, 1.54) is 12.1 Å². The lowest BCUT2D eigenvalue weighted by molar-refractivity contribution is -0.527. The van der Waals surface area contributed by atoms with Gasteiger partial charge < -0.3 is 4.90 Å². The third kappa shape index (κ3) is 2.70. The number of hydrogen-bond acceptors (Lipinski definition) is 4. The molecule has 0 aliphatic carbocycles. The fraction of sp³-hybridized carbons (Fsp3) is 0.208. The topological polar surface area (TPSA) is 75.5 Å². The SMILES string of the molecule is CN1C(=O)C2(N[C@@H](c3ccccc3)[C@@H]([N+](=O)[O-])[C@H]2c2ccc(F)cc2)c2ccccc21. The molecule has 1 N–H and O–H groups in total. The highest BCUT2D eigenvalue weighted by Crippen LogP contribution is 2.56. The van der Waals surface area contributed by atoms with Crippen LogP contribution in [0.1, 0.15) is 28.7 Å². The molecule has 6 nitrogen and oxygen atoms in total. The molecule has 1 amide bonds. The van der Waals surface area contributed by atoms with E-state index >= 15 is 0 Å². The number of anilines is 1. The van der Waals surface area contributed by atoms with E-state index in [2.05, 4.69) is 5.32 Å². The molecular formula is C24H20FN3O3. The number of amides is 1. The Balaban J connectivity index is 1.79. The van der Waals surface area contributed by atoms with Crippen molar-refractivity contribution in [3.63, 3.8) is 0 Å². The van der Waals surface area contributed by atoms with Crippen LogP contribution in [-0.2, 0) is 10.3 Å². The van der Waals surface area contributed by atoms with Crippen molar-refractivity contribution in [2.45, 2.75) is 23.5 Å². The number of nitrogens with one attached hydrogen (secondary N) is 1. The van der Waals surface area contributed by atoms with Crippen LogP contribution in [0.5, 0.6) is 0 Å². The summed E-state index contributed by atoms with van der Waals surface area (Å²) in [5.41, 5.74) is 1.35. The minimum absolute atomic E-state index is 0.256. The molecule has 1 fully saturated rings. The van der Waals surface area contributed by atoms with E-state index in [0.29, 0.717) is 16.8 Å². The molecule has 1 unspecified atom stereocenters. The lowest BCUT2D eigenvalue weighted by atomic mass is 9.74. The summed E-state index contributed by atoms with van der Waals surface area (Å²) in [6.45, 7) is 0. The Bertz CT molecular complexity index is 1170. The normalized spacial score (nSPS) is 27.0. The zero-order valence-electron chi connectivity index (χ0n) is 16.7. The molecule has 2 heterocycles. The summed E-state index contributed by atoms with van der Waals surface area (Å²) in [6.07, 6.45) is 0. The van der Waals surface area contributed by atoms with Crippen molar-refractivity contribution in [2.24, 2.45) is 0 Å². The number of fused-ring (bicyclic) bond motifs is 2. The van der Waals surface area contributed by atoms with Crippen LogP contribution >= 0.6 is 0 Å². The van der Waals surface area contributed by atoms with Crippen LogP contribution in [0.25, 0.3) is 0 Å². The molecule has 0 radical (unpaired) electrons. The van der Waals surface area contributed by atoms with Gasteiger partial charge in [-0.05, 0) is 29.3 Å². The van der Waals surface area contributed by atoms with Crippen LogP contribution in [0.4, 0.5) is 10.1 Å². The van der Waals surface area contributed by atoms with Crippen molar-refractivity contribution in [3.05, 3.63) is 111 Å². The molecule has 5 rings (SSSR count). The van der Waals surface area contributed by atoms with Crippen molar-refractivity contribution in [1.29, 1.82) is 0 Å². The number of carbonyl (C=O) groups excluding carboxylic acids is 1. The Morgan fingerprint density at radius 2 is 1.61 bits per heavy atom. The van der Waals surface area contributed by atoms with E-state index in [1.54, 1.807) is 24.1 Å². The van der Waals surface area contributed by atoms with E-state index < -0.39 is 29.4 Å². The number of benzene rings is 3. The third-order valence-electron chi connectivity index (χ3n) is 6.50. The maximum Gasteiger partial charge on any atom is 0.252 e. The summed E-state index contributed by atoms with van der Waals surface area (Å²) in [6, 6.07) is 20.3. The quantitative estimate of drug-likeness (QED) is 0.520. The molecule has 2 aliphatic heterocycles. The summed E-state index contributed by atoms with van der Waals surface area (Å²) >= 11 is 0. The van der Waals surface area contributed by atoms with Gasteiger partial charge in [-0.1, -0.05) is 60.7 Å². The molecule has 31 heavy (non-hydrogen) atoms. The number of halogens is 1. The highest BCUT2D eigenvalue weighted by Gasteiger charge is 2.67. The largest absolute Gasteiger partial charge is 0.313 e. The standard InChI is InChI=1S/C24H20FN3O3/c1-27-19-10-6-5-9-18(19)24(23(27)29)20(15-11-13-17(25)14-12-15)22(28(30)31)21(26-24)16-7-3-2-4-8-16/h2-14,20-22,26H,1H3/t20-,21+,22+,24?/m1/s1.